The Bertz CT molecular complexity index is 1070. The molecule has 1 amide bonds. The molecule has 0 saturated heterocycles. The SMILES string of the molecule is Cc1nc(C(O)C(O)CCNC(=O)OCC2c3ccccc3-c3ccccc32)ccc1N. The monoisotopic (exact) mass is 433 g/mol. The van der Waals surface area contributed by atoms with Gasteiger partial charge in [0, 0.05) is 12.5 Å². The Balaban J connectivity index is 1.28. The number of rotatable bonds is 7. The van der Waals surface area contributed by atoms with Crippen LogP contribution in [0, 0.1) is 6.92 Å². The summed E-state index contributed by atoms with van der Waals surface area (Å²) < 4.78 is 5.48. The van der Waals surface area contributed by atoms with Gasteiger partial charge < -0.3 is 26.0 Å². The van der Waals surface area contributed by atoms with Gasteiger partial charge in [-0.1, -0.05) is 48.5 Å². The number of anilines is 1. The Labute approximate surface area is 186 Å². The van der Waals surface area contributed by atoms with E-state index in [0.29, 0.717) is 17.1 Å². The van der Waals surface area contributed by atoms with E-state index in [4.69, 9.17) is 10.5 Å². The van der Waals surface area contributed by atoms with Crippen molar-refractivity contribution in [2.75, 3.05) is 18.9 Å². The fourth-order valence-electron chi connectivity index (χ4n) is 4.08. The second-order valence-electron chi connectivity index (χ2n) is 7.96. The number of aromatic nitrogens is 1. The number of nitrogens with two attached hydrogens (primary N) is 1. The zero-order valence-corrected chi connectivity index (χ0v) is 17.9. The first-order valence-electron chi connectivity index (χ1n) is 10.6. The summed E-state index contributed by atoms with van der Waals surface area (Å²) in [5, 5.41) is 23.2. The van der Waals surface area contributed by atoms with E-state index in [9.17, 15) is 15.0 Å². The van der Waals surface area contributed by atoms with Gasteiger partial charge >= 0.3 is 6.09 Å². The number of nitrogens with zero attached hydrogens (tertiary/aromatic N) is 1. The maximum atomic E-state index is 12.2. The molecule has 0 saturated carbocycles. The van der Waals surface area contributed by atoms with Crippen LogP contribution in [0.5, 0.6) is 0 Å². The summed E-state index contributed by atoms with van der Waals surface area (Å²) in [5.74, 6) is -0.0135. The van der Waals surface area contributed by atoms with Crippen molar-refractivity contribution in [3.05, 3.63) is 83.2 Å². The summed E-state index contributed by atoms with van der Waals surface area (Å²) in [7, 11) is 0. The van der Waals surface area contributed by atoms with Crippen LogP contribution in [0.4, 0.5) is 10.5 Å². The predicted octanol–water partition coefficient (Wildman–Crippen LogP) is 3.30. The number of nitrogen functional groups attached to an aromatic ring is 1. The summed E-state index contributed by atoms with van der Waals surface area (Å²) in [6.07, 6.45) is -2.66. The van der Waals surface area contributed by atoms with Crippen molar-refractivity contribution in [1.29, 1.82) is 0 Å². The largest absolute Gasteiger partial charge is 0.449 e. The van der Waals surface area contributed by atoms with Crippen LogP contribution in [0.3, 0.4) is 0 Å². The normalized spacial score (nSPS) is 14.3. The van der Waals surface area contributed by atoms with Gasteiger partial charge in [0.2, 0.25) is 0 Å². The molecular weight excluding hydrogens is 406 g/mol. The first-order chi connectivity index (χ1) is 15.5. The zero-order valence-electron chi connectivity index (χ0n) is 17.9. The Kier molecular flexibility index (Phi) is 6.39. The zero-order chi connectivity index (χ0) is 22.7. The number of nitrogens with one attached hydrogen (secondary N) is 1. The Hall–Kier alpha value is -3.42. The van der Waals surface area contributed by atoms with E-state index in [0.717, 1.165) is 11.1 Å². The summed E-state index contributed by atoms with van der Waals surface area (Å²) in [6.45, 7) is 2.11. The number of ether oxygens (including phenoxy) is 1. The van der Waals surface area contributed by atoms with Gasteiger partial charge in [0.05, 0.1) is 23.2 Å². The highest BCUT2D eigenvalue weighted by atomic mass is 16.5. The summed E-state index contributed by atoms with van der Waals surface area (Å²) in [5.41, 5.74) is 11.8. The highest BCUT2D eigenvalue weighted by Gasteiger charge is 2.29. The molecular formula is C25H27N3O4. The van der Waals surface area contributed by atoms with E-state index in [1.165, 1.54) is 11.1 Å². The van der Waals surface area contributed by atoms with Crippen molar-refractivity contribution in [3.8, 4) is 11.1 Å². The van der Waals surface area contributed by atoms with Crippen molar-refractivity contribution in [3.63, 3.8) is 0 Å². The van der Waals surface area contributed by atoms with Crippen LogP contribution in [0.2, 0.25) is 0 Å². The predicted molar refractivity (Wildman–Crippen MR) is 122 cm³/mol. The van der Waals surface area contributed by atoms with E-state index < -0.39 is 18.3 Å². The van der Waals surface area contributed by atoms with Gasteiger partial charge in [-0.25, -0.2) is 4.79 Å². The van der Waals surface area contributed by atoms with Crippen molar-refractivity contribution in [1.82, 2.24) is 10.3 Å². The average Bonchev–Trinajstić information content (AvgIpc) is 3.12. The molecule has 2 unspecified atom stereocenters. The van der Waals surface area contributed by atoms with Gasteiger partial charge in [-0.3, -0.25) is 4.98 Å². The first-order valence-corrected chi connectivity index (χ1v) is 10.6. The lowest BCUT2D eigenvalue weighted by atomic mass is 9.98. The minimum atomic E-state index is -1.17. The fourth-order valence-corrected chi connectivity index (χ4v) is 4.08. The van der Waals surface area contributed by atoms with Crippen LogP contribution in [0.15, 0.2) is 60.7 Å². The van der Waals surface area contributed by atoms with E-state index in [-0.39, 0.29) is 25.5 Å². The lowest BCUT2D eigenvalue weighted by molar-refractivity contribution is 0.0111. The van der Waals surface area contributed by atoms with Gasteiger partial charge in [-0.05, 0) is 47.7 Å². The van der Waals surface area contributed by atoms with Crippen molar-refractivity contribution in [2.24, 2.45) is 0 Å². The molecule has 1 aromatic heterocycles. The molecule has 2 aromatic carbocycles. The maximum absolute atomic E-state index is 12.2. The van der Waals surface area contributed by atoms with E-state index in [1.807, 2.05) is 24.3 Å². The third-order valence-corrected chi connectivity index (χ3v) is 5.87. The molecule has 1 heterocycles. The number of fused-ring (bicyclic) bond motifs is 3. The topological polar surface area (TPSA) is 118 Å². The third kappa shape index (κ3) is 4.44. The van der Waals surface area contributed by atoms with Crippen LogP contribution in [0.1, 0.15) is 41.0 Å². The fraction of sp³-hybridized carbons (Fsp3) is 0.280. The Morgan fingerprint density at radius 1 is 1.06 bits per heavy atom. The minimum absolute atomic E-state index is 0.0135. The number of hydrogen-bond donors (Lipinski definition) is 4. The van der Waals surface area contributed by atoms with Gasteiger partial charge in [-0.2, -0.15) is 0 Å². The number of carbonyl (C=O) groups excluding carboxylic acids is 1. The highest BCUT2D eigenvalue weighted by Crippen LogP contribution is 2.44. The second-order valence-corrected chi connectivity index (χ2v) is 7.96. The number of benzene rings is 2. The smallest absolute Gasteiger partial charge is 0.407 e. The lowest BCUT2D eigenvalue weighted by Crippen LogP contribution is -2.31. The van der Waals surface area contributed by atoms with Gasteiger partial charge in [0.25, 0.3) is 0 Å². The minimum Gasteiger partial charge on any atom is -0.449 e. The van der Waals surface area contributed by atoms with E-state index in [2.05, 4.69) is 34.6 Å². The molecule has 3 aromatic rings. The number of aliphatic hydroxyl groups is 2. The van der Waals surface area contributed by atoms with Crippen LogP contribution < -0.4 is 11.1 Å². The van der Waals surface area contributed by atoms with E-state index >= 15 is 0 Å². The molecule has 0 radical (unpaired) electrons. The van der Waals surface area contributed by atoms with Crippen LogP contribution in [-0.4, -0.2) is 40.5 Å². The Morgan fingerprint density at radius 2 is 1.69 bits per heavy atom. The van der Waals surface area contributed by atoms with Crippen LogP contribution in [0.25, 0.3) is 11.1 Å². The molecule has 5 N–H and O–H groups in total. The second kappa shape index (κ2) is 9.38. The van der Waals surface area contributed by atoms with Gasteiger partial charge in [-0.15, -0.1) is 0 Å². The molecule has 7 heteroatoms. The van der Waals surface area contributed by atoms with Crippen molar-refractivity contribution in [2.45, 2.75) is 31.5 Å². The average molecular weight is 434 g/mol. The molecule has 0 bridgehead atoms. The van der Waals surface area contributed by atoms with Crippen molar-refractivity contribution >= 4 is 11.8 Å². The number of pyridine rings is 1. The molecule has 1 aliphatic rings. The molecule has 0 fully saturated rings. The lowest BCUT2D eigenvalue weighted by Gasteiger charge is -2.18. The molecule has 1 aliphatic carbocycles. The number of carbonyl (C=O) groups is 1. The number of aliphatic hydroxyl groups excluding tert-OH is 2. The first kappa shape index (κ1) is 21.8. The molecule has 7 nitrogen and oxygen atoms in total. The van der Waals surface area contributed by atoms with Gasteiger partial charge in [0.1, 0.15) is 12.7 Å². The molecule has 166 valence electrons. The molecule has 2 atom stereocenters. The summed E-state index contributed by atoms with van der Waals surface area (Å²) in [4.78, 5) is 16.4. The van der Waals surface area contributed by atoms with E-state index in [1.54, 1.807) is 19.1 Å². The summed E-state index contributed by atoms with van der Waals surface area (Å²) in [6, 6.07) is 19.5. The maximum Gasteiger partial charge on any atom is 0.407 e. The standard InChI is InChI=1S/C25H27N3O4/c1-15-21(26)10-11-22(28-15)24(30)23(29)12-13-27-25(31)32-14-20-18-8-4-2-6-16(18)17-7-3-5-9-19(17)20/h2-11,20,23-24,29-30H,12-14,26H2,1H3,(H,27,31). The highest BCUT2D eigenvalue weighted by molar-refractivity contribution is 5.79. The Morgan fingerprint density at radius 3 is 2.31 bits per heavy atom. The number of alkyl carbamates (subject to hydrolysis) is 1. The third-order valence-electron chi connectivity index (χ3n) is 5.87. The number of amides is 1. The molecule has 4 rings (SSSR count). The van der Waals surface area contributed by atoms with Crippen molar-refractivity contribution < 1.29 is 19.7 Å². The van der Waals surface area contributed by atoms with Crippen LogP contribution >= 0.6 is 0 Å². The summed E-state index contributed by atoms with van der Waals surface area (Å²) >= 11 is 0. The van der Waals surface area contributed by atoms with Crippen LogP contribution in [-0.2, 0) is 4.74 Å². The number of aryl methyl sites for hydroxylation is 1. The molecule has 0 aliphatic heterocycles. The quantitative estimate of drug-likeness (QED) is 0.454. The molecule has 32 heavy (non-hydrogen) atoms. The number of hydrogen-bond acceptors (Lipinski definition) is 6. The molecule has 0 spiro atoms. The van der Waals surface area contributed by atoms with Gasteiger partial charge in [0.15, 0.2) is 0 Å².